The molecule has 0 saturated heterocycles. The van der Waals surface area contributed by atoms with Crippen LogP contribution in [0.25, 0.3) is 0 Å². The minimum Gasteiger partial charge on any atom is -0.380 e. The van der Waals surface area contributed by atoms with Gasteiger partial charge < -0.3 is 10.4 Å². The summed E-state index contributed by atoms with van der Waals surface area (Å²) < 4.78 is 0. The van der Waals surface area contributed by atoms with Crippen LogP contribution in [0.4, 0.5) is 0 Å². The molecule has 1 aromatic carbocycles. The fourth-order valence-corrected chi connectivity index (χ4v) is 3.52. The van der Waals surface area contributed by atoms with Crippen molar-refractivity contribution in [3.05, 3.63) is 34.3 Å². The summed E-state index contributed by atoms with van der Waals surface area (Å²) in [4.78, 5) is 12.2. The van der Waals surface area contributed by atoms with E-state index < -0.39 is 5.60 Å². The quantitative estimate of drug-likeness (QED) is 0.875. The van der Waals surface area contributed by atoms with Crippen LogP contribution >= 0.6 is 11.6 Å². The standard InChI is InChI=1S/C15H18ClNO2/c16-12-5-3-4-11-10(12)6-7-13(11)17-14(18)15(19)8-1-2-9-15/h3-5,13,19H,1-2,6-9H2,(H,17,18). The van der Waals surface area contributed by atoms with Crippen LogP contribution in [-0.4, -0.2) is 16.6 Å². The van der Waals surface area contributed by atoms with Gasteiger partial charge in [0, 0.05) is 5.02 Å². The molecule has 0 spiro atoms. The monoisotopic (exact) mass is 279 g/mol. The predicted molar refractivity (Wildman–Crippen MR) is 74.1 cm³/mol. The zero-order valence-electron chi connectivity index (χ0n) is 10.8. The molecule has 1 atom stereocenters. The summed E-state index contributed by atoms with van der Waals surface area (Å²) in [5, 5.41) is 14.1. The third kappa shape index (κ3) is 2.26. The molecule has 2 aliphatic carbocycles. The minimum atomic E-state index is -1.15. The Labute approximate surface area is 118 Å². The highest BCUT2D eigenvalue weighted by Crippen LogP contribution is 2.37. The Bertz CT molecular complexity index is 509. The second-order valence-corrected chi connectivity index (χ2v) is 6.02. The van der Waals surface area contributed by atoms with Crippen molar-refractivity contribution >= 4 is 17.5 Å². The minimum absolute atomic E-state index is 0.00850. The highest BCUT2D eigenvalue weighted by molar-refractivity contribution is 6.31. The average Bonchev–Trinajstić information content (AvgIpc) is 2.99. The Morgan fingerprint density at radius 3 is 2.84 bits per heavy atom. The van der Waals surface area contributed by atoms with Crippen LogP contribution in [0.2, 0.25) is 5.02 Å². The maximum Gasteiger partial charge on any atom is 0.252 e. The van der Waals surface area contributed by atoms with Crippen LogP contribution in [-0.2, 0) is 11.2 Å². The van der Waals surface area contributed by atoms with Gasteiger partial charge >= 0.3 is 0 Å². The first-order chi connectivity index (χ1) is 9.10. The molecule has 0 radical (unpaired) electrons. The van der Waals surface area contributed by atoms with E-state index in [1.165, 1.54) is 0 Å². The summed E-state index contributed by atoms with van der Waals surface area (Å²) in [6, 6.07) is 5.80. The first-order valence-electron chi connectivity index (χ1n) is 6.91. The summed E-state index contributed by atoms with van der Waals surface area (Å²) in [6.45, 7) is 0. The third-order valence-corrected chi connectivity index (χ3v) is 4.73. The maximum absolute atomic E-state index is 12.2. The van der Waals surface area contributed by atoms with Crippen LogP contribution in [0.1, 0.15) is 49.3 Å². The number of hydrogen-bond donors (Lipinski definition) is 2. The molecule has 4 heteroatoms. The summed E-state index contributed by atoms with van der Waals surface area (Å²) in [5.74, 6) is -0.220. The fourth-order valence-electron chi connectivity index (χ4n) is 3.24. The fraction of sp³-hybridized carbons (Fsp3) is 0.533. The number of rotatable bonds is 2. The number of nitrogens with one attached hydrogen (secondary N) is 1. The lowest BCUT2D eigenvalue weighted by molar-refractivity contribution is -0.140. The van der Waals surface area contributed by atoms with Crippen molar-refractivity contribution in [3.63, 3.8) is 0 Å². The van der Waals surface area contributed by atoms with Crippen molar-refractivity contribution in [1.29, 1.82) is 0 Å². The molecule has 102 valence electrons. The van der Waals surface area contributed by atoms with E-state index in [2.05, 4.69) is 5.32 Å². The van der Waals surface area contributed by atoms with Gasteiger partial charge in [0.1, 0.15) is 5.60 Å². The molecule has 0 bridgehead atoms. The van der Waals surface area contributed by atoms with Crippen molar-refractivity contribution in [2.24, 2.45) is 0 Å². The Kier molecular flexibility index (Phi) is 3.27. The first kappa shape index (κ1) is 12.9. The van der Waals surface area contributed by atoms with Crippen molar-refractivity contribution in [2.75, 3.05) is 0 Å². The molecule has 0 aromatic heterocycles. The van der Waals surface area contributed by atoms with Crippen LogP contribution in [0.5, 0.6) is 0 Å². The van der Waals surface area contributed by atoms with Crippen molar-refractivity contribution in [2.45, 2.75) is 50.2 Å². The van der Waals surface area contributed by atoms with Gasteiger partial charge in [0.15, 0.2) is 0 Å². The lowest BCUT2D eigenvalue weighted by Gasteiger charge is -2.24. The summed E-state index contributed by atoms with van der Waals surface area (Å²) in [6.07, 6.45) is 4.76. The van der Waals surface area contributed by atoms with Gasteiger partial charge in [0.05, 0.1) is 6.04 Å². The number of benzene rings is 1. The number of amides is 1. The largest absolute Gasteiger partial charge is 0.380 e. The normalized spacial score (nSPS) is 24.2. The molecule has 19 heavy (non-hydrogen) atoms. The molecule has 1 saturated carbocycles. The van der Waals surface area contributed by atoms with Gasteiger partial charge in [0.25, 0.3) is 5.91 Å². The first-order valence-corrected chi connectivity index (χ1v) is 7.28. The van der Waals surface area contributed by atoms with Crippen LogP contribution in [0.15, 0.2) is 18.2 Å². The zero-order valence-corrected chi connectivity index (χ0v) is 11.5. The molecule has 3 rings (SSSR count). The summed E-state index contributed by atoms with van der Waals surface area (Å²) in [5.41, 5.74) is 1.08. The molecule has 2 N–H and O–H groups in total. The Balaban J connectivity index is 1.76. The van der Waals surface area contributed by atoms with E-state index in [4.69, 9.17) is 11.6 Å². The second-order valence-electron chi connectivity index (χ2n) is 5.61. The maximum atomic E-state index is 12.2. The number of carbonyl (C=O) groups is 1. The van der Waals surface area contributed by atoms with Gasteiger partial charge in [-0.3, -0.25) is 4.79 Å². The molecular weight excluding hydrogens is 262 g/mol. The molecular formula is C15H18ClNO2. The highest BCUT2D eigenvalue weighted by Gasteiger charge is 2.40. The van der Waals surface area contributed by atoms with Crippen molar-refractivity contribution in [1.82, 2.24) is 5.32 Å². The number of halogens is 1. The highest BCUT2D eigenvalue weighted by atomic mass is 35.5. The summed E-state index contributed by atoms with van der Waals surface area (Å²) >= 11 is 6.16. The molecule has 2 aliphatic rings. The summed E-state index contributed by atoms with van der Waals surface area (Å²) in [7, 11) is 0. The van der Waals surface area contributed by atoms with Crippen LogP contribution < -0.4 is 5.32 Å². The third-order valence-electron chi connectivity index (χ3n) is 4.37. The lowest BCUT2D eigenvalue weighted by atomic mass is 10.00. The topological polar surface area (TPSA) is 49.3 Å². The second kappa shape index (κ2) is 4.80. The van der Waals surface area contributed by atoms with Gasteiger partial charge in [-0.1, -0.05) is 23.7 Å². The Morgan fingerprint density at radius 2 is 2.11 bits per heavy atom. The van der Waals surface area contributed by atoms with Gasteiger partial charge in [-0.15, -0.1) is 0 Å². The number of aliphatic hydroxyl groups is 1. The molecule has 0 aliphatic heterocycles. The number of carbonyl (C=O) groups excluding carboxylic acids is 1. The molecule has 1 unspecified atom stereocenters. The number of hydrogen-bond acceptors (Lipinski definition) is 2. The van der Waals surface area contributed by atoms with Crippen molar-refractivity contribution < 1.29 is 9.90 Å². The molecule has 0 heterocycles. The van der Waals surface area contributed by atoms with E-state index in [1.54, 1.807) is 0 Å². The van der Waals surface area contributed by atoms with Gasteiger partial charge in [-0.2, -0.15) is 0 Å². The smallest absolute Gasteiger partial charge is 0.252 e. The van der Waals surface area contributed by atoms with Gasteiger partial charge in [-0.25, -0.2) is 0 Å². The van der Waals surface area contributed by atoms with E-state index >= 15 is 0 Å². The van der Waals surface area contributed by atoms with Crippen LogP contribution in [0, 0.1) is 0 Å². The average molecular weight is 280 g/mol. The molecule has 3 nitrogen and oxygen atoms in total. The Hall–Kier alpha value is -1.06. The van der Waals surface area contributed by atoms with E-state index in [0.29, 0.717) is 12.8 Å². The number of fused-ring (bicyclic) bond motifs is 1. The van der Waals surface area contributed by atoms with E-state index in [-0.39, 0.29) is 11.9 Å². The molecule has 1 amide bonds. The van der Waals surface area contributed by atoms with Crippen LogP contribution in [0.3, 0.4) is 0 Å². The van der Waals surface area contributed by atoms with Gasteiger partial charge in [-0.05, 0) is 55.7 Å². The van der Waals surface area contributed by atoms with E-state index in [1.807, 2.05) is 18.2 Å². The Morgan fingerprint density at radius 1 is 1.37 bits per heavy atom. The predicted octanol–water partition coefficient (Wildman–Crippen LogP) is 2.75. The molecule has 1 aromatic rings. The van der Waals surface area contributed by atoms with Crippen molar-refractivity contribution in [3.8, 4) is 0 Å². The zero-order chi connectivity index (χ0) is 13.5. The lowest BCUT2D eigenvalue weighted by Crippen LogP contribution is -2.45. The van der Waals surface area contributed by atoms with Gasteiger partial charge in [0.2, 0.25) is 0 Å². The van der Waals surface area contributed by atoms with E-state index in [9.17, 15) is 9.90 Å². The van der Waals surface area contributed by atoms with E-state index in [0.717, 1.165) is 41.8 Å². The molecule has 1 fully saturated rings. The SMILES string of the molecule is O=C(NC1CCc2c(Cl)cccc21)C1(O)CCCC1.